The van der Waals surface area contributed by atoms with Crippen molar-refractivity contribution in [1.82, 2.24) is 20.2 Å². The predicted molar refractivity (Wildman–Crippen MR) is 80.8 cm³/mol. The van der Waals surface area contributed by atoms with Crippen molar-refractivity contribution < 1.29 is 4.74 Å². The fourth-order valence-electron chi connectivity index (χ4n) is 2.68. The highest BCUT2D eigenvalue weighted by atomic mass is 16.5. The number of rotatable bonds is 6. The third kappa shape index (κ3) is 2.84. The maximum Gasteiger partial charge on any atom is 0.187 e. The summed E-state index contributed by atoms with van der Waals surface area (Å²) in [6.45, 7) is 3.36. The minimum absolute atomic E-state index is 0.583. The standard InChI is InChI=1S/C15H21N5O/c1-2-21-13-8-4-7-12(16)14(13)15-17-18-19-20(15)10-9-11-5-3-6-11/h4,7-8,11H,2-3,5-6,9-10,16H2,1H3. The molecular weight excluding hydrogens is 266 g/mol. The zero-order chi connectivity index (χ0) is 14.7. The van der Waals surface area contributed by atoms with Crippen LogP contribution in [-0.2, 0) is 6.54 Å². The fraction of sp³-hybridized carbons (Fsp3) is 0.533. The minimum Gasteiger partial charge on any atom is -0.493 e. The molecule has 0 amide bonds. The van der Waals surface area contributed by atoms with Crippen molar-refractivity contribution in [2.75, 3.05) is 12.3 Å². The van der Waals surface area contributed by atoms with E-state index >= 15 is 0 Å². The van der Waals surface area contributed by atoms with E-state index in [1.54, 1.807) is 0 Å². The average Bonchev–Trinajstić information content (AvgIpc) is 2.86. The molecule has 1 aliphatic carbocycles. The van der Waals surface area contributed by atoms with Gasteiger partial charge in [-0.05, 0) is 41.8 Å². The largest absolute Gasteiger partial charge is 0.493 e. The number of tetrazole rings is 1. The monoisotopic (exact) mass is 287 g/mol. The van der Waals surface area contributed by atoms with Crippen LogP contribution in [0.1, 0.15) is 32.6 Å². The summed E-state index contributed by atoms with van der Waals surface area (Å²) in [6, 6.07) is 5.63. The first-order valence-electron chi connectivity index (χ1n) is 7.57. The van der Waals surface area contributed by atoms with Crippen molar-refractivity contribution in [2.45, 2.75) is 39.2 Å². The molecule has 6 nitrogen and oxygen atoms in total. The molecule has 0 radical (unpaired) electrons. The lowest BCUT2D eigenvalue weighted by atomic mass is 9.83. The summed E-state index contributed by atoms with van der Waals surface area (Å²) in [5, 5.41) is 12.1. The highest BCUT2D eigenvalue weighted by Gasteiger charge is 2.20. The van der Waals surface area contributed by atoms with E-state index in [0.29, 0.717) is 18.1 Å². The summed E-state index contributed by atoms with van der Waals surface area (Å²) >= 11 is 0. The Morgan fingerprint density at radius 1 is 1.38 bits per heavy atom. The number of hydrogen-bond donors (Lipinski definition) is 1. The molecule has 1 aromatic carbocycles. The minimum atomic E-state index is 0.583. The average molecular weight is 287 g/mol. The van der Waals surface area contributed by atoms with Crippen LogP contribution < -0.4 is 10.5 Å². The summed E-state index contributed by atoms with van der Waals surface area (Å²) in [7, 11) is 0. The van der Waals surface area contributed by atoms with Crippen LogP contribution in [0.2, 0.25) is 0 Å². The predicted octanol–water partition coefficient (Wildman–Crippen LogP) is 2.51. The summed E-state index contributed by atoms with van der Waals surface area (Å²) in [5.41, 5.74) is 7.55. The Hall–Kier alpha value is -2.11. The Morgan fingerprint density at radius 3 is 2.95 bits per heavy atom. The summed E-state index contributed by atoms with van der Waals surface area (Å²) in [5.74, 6) is 2.25. The van der Waals surface area contributed by atoms with E-state index in [9.17, 15) is 0 Å². The SMILES string of the molecule is CCOc1cccc(N)c1-c1nnnn1CCC1CCC1. The van der Waals surface area contributed by atoms with Gasteiger partial charge in [0, 0.05) is 12.2 Å². The van der Waals surface area contributed by atoms with Gasteiger partial charge in [0.05, 0.1) is 12.2 Å². The number of nitrogens with two attached hydrogens (primary N) is 1. The van der Waals surface area contributed by atoms with Gasteiger partial charge in [0.15, 0.2) is 5.82 Å². The second kappa shape index (κ2) is 6.11. The molecule has 0 aliphatic heterocycles. The van der Waals surface area contributed by atoms with E-state index in [-0.39, 0.29) is 0 Å². The highest BCUT2D eigenvalue weighted by molar-refractivity contribution is 5.77. The van der Waals surface area contributed by atoms with Crippen LogP contribution in [0.3, 0.4) is 0 Å². The zero-order valence-corrected chi connectivity index (χ0v) is 12.3. The molecule has 1 aliphatic rings. The van der Waals surface area contributed by atoms with Crippen molar-refractivity contribution in [1.29, 1.82) is 0 Å². The van der Waals surface area contributed by atoms with Gasteiger partial charge < -0.3 is 10.5 Å². The van der Waals surface area contributed by atoms with Crippen LogP contribution in [-0.4, -0.2) is 26.8 Å². The van der Waals surface area contributed by atoms with E-state index in [1.165, 1.54) is 19.3 Å². The third-order valence-corrected chi connectivity index (χ3v) is 4.09. The van der Waals surface area contributed by atoms with Crippen molar-refractivity contribution >= 4 is 5.69 Å². The summed E-state index contributed by atoms with van der Waals surface area (Å²) < 4.78 is 7.51. The lowest BCUT2D eigenvalue weighted by molar-refractivity contribution is 0.277. The molecule has 112 valence electrons. The summed E-state index contributed by atoms with van der Waals surface area (Å²) in [6.07, 6.45) is 5.13. The molecule has 0 spiro atoms. The molecule has 1 saturated carbocycles. The first kappa shape index (κ1) is 13.9. The molecule has 3 rings (SSSR count). The molecular formula is C15H21N5O. The molecule has 1 heterocycles. The molecule has 1 fully saturated rings. The first-order valence-corrected chi connectivity index (χ1v) is 7.57. The second-order valence-electron chi connectivity index (χ2n) is 5.46. The fourth-order valence-corrected chi connectivity index (χ4v) is 2.68. The van der Waals surface area contributed by atoms with Gasteiger partial charge in [0.1, 0.15) is 5.75 Å². The topological polar surface area (TPSA) is 78.8 Å². The van der Waals surface area contributed by atoms with Crippen LogP contribution in [0, 0.1) is 5.92 Å². The van der Waals surface area contributed by atoms with E-state index in [0.717, 1.165) is 30.2 Å². The maximum absolute atomic E-state index is 6.12. The van der Waals surface area contributed by atoms with Crippen LogP contribution >= 0.6 is 0 Å². The molecule has 0 atom stereocenters. The highest BCUT2D eigenvalue weighted by Crippen LogP contribution is 2.34. The van der Waals surface area contributed by atoms with Gasteiger partial charge in [0.2, 0.25) is 0 Å². The normalized spacial score (nSPS) is 14.9. The molecule has 2 N–H and O–H groups in total. The van der Waals surface area contributed by atoms with E-state index in [4.69, 9.17) is 10.5 Å². The molecule has 0 bridgehead atoms. The van der Waals surface area contributed by atoms with Gasteiger partial charge in [-0.25, -0.2) is 4.68 Å². The molecule has 6 heteroatoms. The Morgan fingerprint density at radius 2 is 2.24 bits per heavy atom. The Bertz CT molecular complexity index is 606. The maximum atomic E-state index is 6.12. The number of benzene rings is 1. The van der Waals surface area contributed by atoms with Gasteiger partial charge >= 0.3 is 0 Å². The van der Waals surface area contributed by atoms with E-state index in [2.05, 4.69) is 15.5 Å². The van der Waals surface area contributed by atoms with Gasteiger partial charge in [-0.1, -0.05) is 25.3 Å². The van der Waals surface area contributed by atoms with Crippen LogP contribution in [0.25, 0.3) is 11.4 Å². The third-order valence-electron chi connectivity index (χ3n) is 4.09. The smallest absolute Gasteiger partial charge is 0.187 e. The number of hydrogen-bond acceptors (Lipinski definition) is 5. The number of aryl methyl sites for hydroxylation is 1. The molecule has 21 heavy (non-hydrogen) atoms. The summed E-state index contributed by atoms with van der Waals surface area (Å²) in [4.78, 5) is 0. The number of nitrogens with zero attached hydrogens (tertiary/aromatic N) is 4. The number of nitrogen functional groups attached to an aromatic ring is 1. The van der Waals surface area contributed by atoms with Crippen LogP contribution in [0.15, 0.2) is 18.2 Å². The van der Waals surface area contributed by atoms with Gasteiger partial charge in [-0.3, -0.25) is 0 Å². The molecule has 2 aromatic rings. The first-order chi connectivity index (χ1) is 10.3. The van der Waals surface area contributed by atoms with Crippen LogP contribution in [0.4, 0.5) is 5.69 Å². The zero-order valence-electron chi connectivity index (χ0n) is 12.3. The lowest BCUT2D eigenvalue weighted by Crippen LogP contribution is -2.15. The Kier molecular flexibility index (Phi) is 4.03. The van der Waals surface area contributed by atoms with Crippen molar-refractivity contribution in [3.8, 4) is 17.1 Å². The van der Waals surface area contributed by atoms with Gasteiger partial charge in [-0.2, -0.15) is 0 Å². The quantitative estimate of drug-likeness (QED) is 0.826. The van der Waals surface area contributed by atoms with Crippen molar-refractivity contribution in [3.05, 3.63) is 18.2 Å². The van der Waals surface area contributed by atoms with Crippen LogP contribution in [0.5, 0.6) is 5.75 Å². The molecule has 0 saturated heterocycles. The lowest BCUT2D eigenvalue weighted by Gasteiger charge is -2.25. The number of ether oxygens (including phenoxy) is 1. The van der Waals surface area contributed by atoms with E-state index < -0.39 is 0 Å². The Labute approximate surface area is 124 Å². The van der Waals surface area contributed by atoms with Gasteiger partial charge in [0.25, 0.3) is 0 Å². The molecule has 0 unspecified atom stereocenters. The second-order valence-corrected chi connectivity index (χ2v) is 5.46. The van der Waals surface area contributed by atoms with Crippen molar-refractivity contribution in [3.63, 3.8) is 0 Å². The molecule has 1 aromatic heterocycles. The Balaban J connectivity index is 1.87. The van der Waals surface area contributed by atoms with E-state index in [1.807, 2.05) is 29.8 Å². The van der Waals surface area contributed by atoms with Gasteiger partial charge in [-0.15, -0.1) is 5.10 Å². The number of anilines is 1. The number of aromatic nitrogens is 4. The van der Waals surface area contributed by atoms with Crippen molar-refractivity contribution in [2.24, 2.45) is 5.92 Å².